The molecule has 0 fully saturated rings. The van der Waals surface area contributed by atoms with E-state index in [1.165, 1.54) is 17.0 Å². The molecule has 0 aliphatic carbocycles. The maximum atomic E-state index is 13.9. The van der Waals surface area contributed by atoms with Gasteiger partial charge in [0.1, 0.15) is 23.1 Å². The number of nitrogens with zero attached hydrogens (tertiary/aromatic N) is 3. The Morgan fingerprint density at radius 2 is 1.95 bits per heavy atom. The van der Waals surface area contributed by atoms with Crippen LogP contribution in [-0.2, 0) is 18.9 Å². The van der Waals surface area contributed by atoms with E-state index in [9.17, 15) is 8.78 Å². The number of hydrogen-bond donors (Lipinski definition) is 0. The van der Waals surface area contributed by atoms with Crippen LogP contribution in [0.5, 0.6) is 0 Å². The fourth-order valence-corrected chi connectivity index (χ4v) is 2.22. The zero-order valence-corrected chi connectivity index (χ0v) is 12.3. The van der Waals surface area contributed by atoms with Crippen molar-refractivity contribution in [2.75, 3.05) is 11.9 Å². The van der Waals surface area contributed by atoms with E-state index in [1.807, 2.05) is 11.6 Å². The zero-order chi connectivity index (χ0) is 14.0. The van der Waals surface area contributed by atoms with Crippen LogP contribution in [0.3, 0.4) is 0 Å². The molecule has 0 saturated carbocycles. The predicted octanol–water partition coefficient (Wildman–Crippen LogP) is 3.23. The van der Waals surface area contributed by atoms with Gasteiger partial charge in [-0.05, 0) is 17.7 Å². The highest BCUT2D eigenvalue weighted by atomic mass is 79.9. The van der Waals surface area contributed by atoms with Crippen molar-refractivity contribution in [3.05, 3.63) is 47.5 Å². The first-order valence-electron chi connectivity index (χ1n) is 5.74. The molecule has 0 atom stereocenters. The van der Waals surface area contributed by atoms with Crippen molar-refractivity contribution < 1.29 is 8.78 Å². The molecular weight excluding hydrogens is 316 g/mol. The number of aryl methyl sites for hydroxylation is 1. The second-order valence-corrected chi connectivity index (χ2v) is 4.91. The third-order valence-corrected chi connectivity index (χ3v) is 3.56. The Bertz CT molecular complexity index is 560. The lowest BCUT2D eigenvalue weighted by Gasteiger charge is -2.20. The summed E-state index contributed by atoms with van der Waals surface area (Å²) >= 11 is 3.19. The van der Waals surface area contributed by atoms with Gasteiger partial charge in [-0.15, -0.1) is 0 Å². The molecule has 2 rings (SSSR count). The lowest BCUT2D eigenvalue weighted by Crippen LogP contribution is -2.21. The van der Waals surface area contributed by atoms with Crippen molar-refractivity contribution >= 4 is 21.6 Å². The first kappa shape index (κ1) is 14.0. The Morgan fingerprint density at radius 1 is 1.32 bits per heavy atom. The number of halogens is 3. The molecule has 0 N–H and O–H groups in total. The first-order chi connectivity index (χ1) is 9.02. The molecule has 0 amide bonds. The molecule has 0 saturated heterocycles. The van der Waals surface area contributed by atoms with E-state index < -0.39 is 11.6 Å². The second kappa shape index (κ2) is 5.69. The van der Waals surface area contributed by atoms with Gasteiger partial charge in [0.2, 0.25) is 0 Å². The standard InChI is InChI=1S/C13H14BrF2N3/c1-18-4-3-17-12(18)8-19(2)13-10(15)5-9(7-14)6-11(13)16/h3-6H,7-8H2,1-2H3. The van der Waals surface area contributed by atoms with Gasteiger partial charge >= 0.3 is 0 Å². The molecule has 0 unspecified atom stereocenters. The summed E-state index contributed by atoms with van der Waals surface area (Å²) in [4.78, 5) is 5.66. The van der Waals surface area contributed by atoms with Gasteiger partial charge in [-0.2, -0.15) is 0 Å². The highest BCUT2D eigenvalue weighted by Crippen LogP contribution is 2.26. The molecule has 0 aliphatic heterocycles. The number of rotatable bonds is 4. The molecule has 2 aromatic rings. The van der Waals surface area contributed by atoms with Crippen LogP contribution in [0.1, 0.15) is 11.4 Å². The van der Waals surface area contributed by atoms with Crippen molar-refractivity contribution in [3.63, 3.8) is 0 Å². The molecule has 1 aromatic carbocycles. The van der Waals surface area contributed by atoms with E-state index >= 15 is 0 Å². The minimum Gasteiger partial charge on any atom is -0.362 e. The SMILES string of the molecule is CN(Cc1nccn1C)c1c(F)cc(CBr)cc1F. The number of benzene rings is 1. The molecule has 0 aliphatic rings. The summed E-state index contributed by atoms with van der Waals surface area (Å²) in [5.41, 5.74) is 0.539. The lowest BCUT2D eigenvalue weighted by molar-refractivity contribution is 0.572. The average Bonchev–Trinajstić information content (AvgIpc) is 2.74. The van der Waals surface area contributed by atoms with Gasteiger partial charge in [-0.1, -0.05) is 15.9 Å². The van der Waals surface area contributed by atoms with Gasteiger partial charge in [-0.25, -0.2) is 13.8 Å². The van der Waals surface area contributed by atoms with Gasteiger partial charge in [0.05, 0.1) is 6.54 Å². The number of anilines is 1. The third kappa shape index (κ3) is 2.94. The monoisotopic (exact) mass is 329 g/mol. The third-order valence-electron chi connectivity index (χ3n) is 2.91. The average molecular weight is 330 g/mol. The van der Waals surface area contributed by atoms with Crippen LogP contribution in [0.4, 0.5) is 14.5 Å². The van der Waals surface area contributed by atoms with Crippen LogP contribution < -0.4 is 4.90 Å². The van der Waals surface area contributed by atoms with E-state index in [-0.39, 0.29) is 5.69 Å². The lowest BCUT2D eigenvalue weighted by atomic mass is 10.2. The maximum absolute atomic E-state index is 13.9. The minimum absolute atomic E-state index is 0.0345. The van der Waals surface area contributed by atoms with Crippen molar-refractivity contribution in [3.8, 4) is 0 Å². The number of alkyl halides is 1. The maximum Gasteiger partial charge on any atom is 0.149 e. The largest absolute Gasteiger partial charge is 0.362 e. The number of imidazole rings is 1. The molecular formula is C13H14BrF2N3. The number of aromatic nitrogens is 2. The number of hydrogen-bond acceptors (Lipinski definition) is 2. The van der Waals surface area contributed by atoms with Crippen molar-refractivity contribution in [2.24, 2.45) is 7.05 Å². The van der Waals surface area contributed by atoms with Crippen LogP contribution >= 0.6 is 15.9 Å². The van der Waals surface area contributed by atoms with Crippen LogP contribution in [-0.4, -0.2) is 16.6 Å². The van der Waals surface area contributed by atoms with Gasteiger partial charge in [0.25, 0.3) is 0 Å². The van der Waals surface area contributed by atoms with Crippen LogP contribution in [0, 0.1) is 11.6 Å². The summed E-state index contributed by atoms with van der Waals surface area (Å²) in [5.74, 6) is -0.386. The smallest absolute Gasteiger partial charge is 0.149 e. The molecule has 0 radical (unpaired) electrons. The topological polar surface area (TPSA) is 21.1 Å². The van der Waals surface area contributed by atoms with Crippen molar-refractivity contribution in [2.45, 2.75) is 11.9 Å². The first-order valence-corrected chi connectivity index (χ1v) is 6.86. The Hall–Kier alpha value is -1.43. The summed E-state index contributed by atoms with van der Waals surface area (Å²) in [5, 5.41) is 0.421. The quantitative estimate of drug-likeness (QED) is 0.803. The zero-order valence-electron chi connectivity index (χ0n) is 10.7. The van der Waals surface area contributed by atoms with Gasteiger partial charge in [0, 0.05) is 31.8 Å². The fourth-order valence-electron chi connectivity index (χ4n) is 1.90. The van der Waals surface area contributed by atoms with E-state index in [4.69, 9.17) is 0 Å². The highest BCUT2D eigenvalue weighted by Gasteiger charge is 2.16. The Morgan fingerprint density at radius 3 is 2.42 bits per heavy atom. The molecule has 102 valence electrons. The summed E-state index contributed by atoms with van der Waals surface area (Å²) in [6.07, 6.45) is 3.45. The predicted molar refractivity (Wildman–Crippen MR) is 74.3 cm³/mol. The molecule has 1 heterocycles. The summed E-state index contributed by atoms with van der Waals surface area (Å²) in [7, 11) is 3.49. The Kier molecular flexibility index (Phi) is 4.19. The second-order valence-electron chi connectivity index (χ2n) is 4.35. The van der Waals surface area contributed by atoms with E-state index in [0.717, 1.165) is 5.82 Å². The van der Waals surface area contributed by atoms with E-state index in [2.05, 4.69) is 20.9 Å². The summed E-state index contributed by atoms with van der Waals surface area (Å²) < 4.78 is 29.7. The van der Waals surface area contributed by atoms with Crippen LogP contribution in [0.15, 0.2) is 24.5 Å². The fraction of sp³-hybridized carbons (Fsp3) is 0.308. The Balaban J connectivity index is 2.29. The molecule has 0 spiro atoms. The summed E-state index contributed by atoms with van der Waals surface area (Å²) in [6, 6.07) is 2.67. The minimum atomic E-state index is -0.564. The van der Waals surface area contributed by atoms with Crippen molar-refractivity contribution in [1.29, 1.82) is 0 Å². The van der Waals surface area contributed by atoms with Crippen LogP contribution in [0.25, 0.3) is 0 Å². The van der Waals surface area contributed by atoms with E-state index in [0.29, 0.717) is 17.4 Å². The van der Waals surface area contributed by atoms with Crippen LogP contribution in [0.2, 0.25) is 0 Å². The molecule has 6 heteroatoms. The highest BCUT2D eigenvalue weighted by molar-refractivity contribution is 9.08. The molecule has 1 aromatic heterocycles. The molecule has 0 bridgehead atoms. The normalized spacial score (nSPS) is 10.8. The summed E-state index contributed by atoms with van der Waals surface area (Å²) in [6.45, 7) is 0.338. The van der Waals surface area contributed by atoms with Gasteiger partial charge in [-0.3, -0.25) is 0 Å². The van der Waals surface area contributed by atoms with E-state index in [1.54, 1.807) is 19.4 Å². The Labute approximate surface area is 119 Å². The van der Waals surface area contributed by atoms with Crippen molar-refractivity contribution in [1.82, 2.24) is 9.55 Å². The molecule has 19 heavy (non-hydrogen) atoms. The van der Waals surface area contributed by atoms with Gasteiger partial charge in [0.15, 0.2) is 0 Å². The molecule has 3 nitrogen and oxygen atoms in total. The van der Waals surface area contributed by atoms with Gasteiger partial charge < -0.3 is 9.47 Å².